The Bertz CT molecular complexity index is 1130. The van der Waals surface area contributed by atoms with Crippen LogP contribution in [0.2, 0.25) is 0 Å². The van der Waals surface area contributed by atoms with Gasteiger partial charge in [0.25, 0.3) is 0 Å². The first-order valence-corrected chi connectivity index (χ1v) is 15.2. The van der Waals surface area contributed by atoms with Gasteiger partial charge < -0.3 is 29.0 Å². The molecule has 0 aromatic heterocycles. The number of carbonyl (C=O) groups excluding carboxylic acids is 2. The van der Waals surface area contributed by atoms with Crippen molar-refractivity contribution < 1.29 is 33.3 Å². The monoisotopic (exact) mass is 585 g/mol. The standard InChI is InChI=1S/C32H47N3O7/c1-6-14-35-16-11-24-19-28-29(40-21-39-28)20-25(24)30(22(35)3)31(26(7-2)38-5)42-32(37)27(41-23(4)36)10-8-9-15-34-17-12-33-13-18-34/h7-9,19-20,22,27,30-31,33H,6,10-18,21H2,1-5H3/b9-8+,26-7+. The Morgan fingerprint density at radius 2 is 1.86 bits per heavy atom. The minimum Gasteiger partial charge on any atom is -0.497 e. The van der Waals surface area contributed by atoms with E-state index in [4.69, 9.17) is 23.7 Å². The molecule has 4 unspecified atom stereocenters. The van der Waals surface area contributed by atoms with Gasteiger partial charge in [-0.25, -0.2) is 4.79 Å². The number of benzene rings is 1. The second-order valence-corrected chi connectivity index (χ2v) is 11.1. The van der Waals surface area contributed by atoms with Gasteiger partial charge in [-0.15, -0.1) is 0 Å². The molecule has 10 nitrogen and oxygen atoms in total. The average Bonchev–Trinajstić information content (AvgIpc) is 3.40. The largest absolute Gasteiger partial charge is 0.497 e. The summed E-state index contributed by atoms with van der Waals surface area (Å²) < 4.78 is 29.1. The molecular formula is C32H47N3O7. The lowest BCUT2D eigenvalue weighted by molar-refractivity contribution is -0.171. The predicted molar refractivity (Wildman–Crippen MR) is 160 cm³/mol. The van der Waals surface area contributed by atoms with Crippen molar-refractivity contribution in [1.82, 2.24) is 15.1 Å². The minimum atomic E-state index is -1.07. The lowest BCUT2D eigenvalue weighted by Crippen LogP contribution is -2.44. The second-order valence-electron chi connectivity index (χ2n) is 11.1. The summed E-state index contributed by atoms with van der Waals surface area (Å²) in [4.78, 5) is 30.6. The number of allylic oxidation sites excluding steroid dienone is 1. The Labute approximate surface area is 249 Å². The van der Waals surface area contributed by atoms with Crippen LogP contribution in [0.15, 0.2) is 36.1 Å². The fourth-order valence-electron chi connectivity index (χ4n) is 6.14. The van der Waals surface area contributed by atoms with E-state index >= 15 is 0 Å². The number of nitrogens with one attached hydrogen (secondary N) is 1. The van der Waals surface area contributed by atoms with Crippen molar-refractivity contribution in [3.63, 3.8) is 0 Å². The van der Waals surface area contributed by atoms with Crippen LogP contribution < -0.4 is 14.8 Å². The third-order valence-corrected chi connectivity index (χ3v) is 8.30. The molecule has 4 atom stereocenters. The van der Waals surface area contributed by atoms with Crippen LogP contribution in [0, 0.1) is 0 Å². The summed E-state index contributed by atoms with van der Waals surface area (Å²) in [6.45, 7) is 14.1. The number of nitrogens with zero attached hydrogens (tertiary/aromatic N) is 2. The van der Waals surface area contributed by atoms with E-state index in [9.17, 15) is 9.59 Å². The highest BCUT2D eigenvalue weighted by Crippen LogP contribution is 2.43. The SMILES string of the molecule is C/C=C(/OC)C(OC(=O)C(C/C=C/CN1CCNCC1)OC(C)=O)C1c2cc3c(cc2CCN(CCC)C1C)OCO3. The van der Waals surface area contributed by atoms with Gasteiger partial charge in [0.1, 0.15) is 5.76 Å². The van der Waals surface area contributed by atoms with Gasteiger partial charge in [0.15, 0.2) is 17.6 Å². The van der Waals surface area contributed by atoms with Gasteiger partial charge in [-0.3, -0.25) is 14.6 Å². The van der Waals surface area contributed by atoms with Gasteiger partial charge in [-0.2, -0.15) is 0 Å². The molecule has 0 amide bonds. The zero-order chi connectivity index (χ0) is 30.1. The van der Waals surface area contributed by atoms with Gasteiger partial charge in [0.2, 0.25) is 12.9 Å². The molecule has 232 valence electrons. The molecule has 0 aliphatic carbocycles. The number of ether oxygens (including phenoxy) is 5. The minimum absolute atomic E-state index is 0.0144. The molecule has 0 radical (unpaired) electrons. The Morgan fingerprint density at radius 3 is 2.52 bits per heavy atom. The molecule has 1 N–H and O–H groups in total. The first kappa shape index (κ1) is 31.8. The fourth-order valence-corrected chi connectivity index (χ4v) is 6.14. The highest BCUT2D eigenvalue weighted by atomic mass is 16.7. The molecule has 4 rings (SSSR count). The van der Waals surface area contributed by atoms with Crippen LogP contribution in [0.3, 0.4) is 0 Å². The van der Waals surface area contributed by atoms with Crippen molar-refractivity contribution >= 4 is 11.9 Å². The van der Waals surface area contributed by atoms with E-state index in [1.54, 1.807) is 7.11 Å². The van der Waals surface area contributed by atoms with Crippen LogP contribution in [-0.2, 0) is 30.2 Å². The molecule has 0 saturated carbocycles. The molecule has 1 saturated heterocycles. The van der Waals surface area contributed by atoms with Crippen LogP contribution in [0.5, 0.6) is 11.5 Å². The number of carbonyl (C=O) groups is 2. The molecule has 42 heavy (non-hydrogen) atoms. The summed E-state index contributed by atoms with van der Waals surface area (Å²) in [5.74, 6) is 0.569. The van der Waals surface area contributed by atoms with E-state index in [0.717, 1.165) is 75.5 Å². The Kier molecular flexibility index (Phi) is 11.7. The normalized spacial score (nSPS) is 22.7. The number of rotatable bonds is 12. The highest BCUT2D eigenvalue weighted by Gasteiger charge is 2.42. The molecule has 0 bridgehead atoms. The zero-order valence-corrected chi connectivity index (χ0v) is 25.7. The van der Waals surface area contributed by atoms with Crippen molar-refractivity contribution in [3.8, 4) is 11.5 Å². The van der Waals surface area contributed by atoms with Gasteiger partial charge in [0.05, 0.1) is 7.11 Å². The molecule has 1 aromatic carbocycles. The molecule has 1 fully saturated rings. The maximum atomic E-state index is 13.8. The van der Waals surface area contributed by atoms with Crippen LogP contribution in [-0.4, -0.2) is 99.7 Å². The molecule has 1 aromatic rings. The highest BCUT2D eigenvalue weighted by molar-refractivity contribution is 5.79. The zero-order valence-electron chi connectivity index (χ0n) is 25.7. The van der Waals surface area contributed by atoms with Gasteiger partial charge >= 0.3 is 11.9 Å². The lowest BCUT2D eigenvalue weighted by atomic mass is 9.83. The van der Waals surface area contributed by atoms with Crippen molar-refractivity contribution in [1.29, 1.82) is 0 Å². The molecule has 3 aliphatic rings. The summed E-state index contributed by atoms with van der Waals surface area (Å²) in [7, 11) is 1.59. The van der Waals surface area contributed by atoms with E-state index in [1.807, 2.05) is 31.2 Å². The summed E-state index contributed by atoms with van der Waals surface area (Å²) in [6, 6.07) is 4.10. The van der Waals surface area contributed by atoms with E-state index in [2.05, 4.69) is 35.0 Å². The maximum absolute atomic E-state index is 13.8. The van der Waals surface area contributed by atoms with Crippen LogP contribution in [0.4, 0.5) is 0 Å². The molecule has 10 heteroatoms. The van der Waals surface area contributed by atoms with Gasteiger partial charge in [-0.05, 0) is 62.6 Å². The van der Waals surface area contributed by atoms with E-state index in [1.165, 1.54) is 6.92 Å². The maximum Gasteiger partial charge on any atom is 0.348 e. The quantitative estimate of drug-likeness (QED) is 0.223. The Hall–Kier alpha value is -3.08. The Morgan fingerprint density at radius 1 is 1.12 bits per heavy atom. The second kappa shape index (κ2) is 15.4. The number of hydrogen-bond donors (Lipinski definition) is 1. The molecule has 0 spiro atoms. The Balaban J connectivity index is 1.63. The van der Waals surface area contributed by atoms with Crippen LogP contribution >= 0.6 is 0 Å². The van der Waals surface area contributed by atoms with Crippen molar-refractivity contribution in [2.24, 2.45) is 0 Å². The molecular weight excluding hydrogens is 538 g/mol. The van der Waals surface area contributed by atoms with E-state index in [0.29, 0.717) is 11.5 Å². The van der Waals surface area contributed by atoms with E-state index in [-0.39, 0.29) is 25.2 Å². The predicted octanol–water partition coefficient (Wildman–Crippen LogP) is 3.40. The summed E-state index contributed by atoms with van der Waals surface area (Å²) in [5.41, 5.74) is 2.18. The number of fused-ring (bicyclic) bond motifs is 2. The molecule has 3 aliphatic heterocycles. The van der Waals surface area contributed by atoms with Crippen LogP contribution in [0.25, 0.3) is 0 Å². The average molecular weight is 586 g/mol. The first-order valence-electron chi connectivity index (χ1n) is 15.2. The summed E-state index contributed by atoms with van der Waals surface area (Å²) in [6.07, 6.45) is 5.99. The number of piperazine rings is 1. The smallest absolute Gasteiger partial charge is 0.348 e. The van der Waals surface area contributed by atoms with Gasteiger partial charge in [-0.1, -0.05) is 19.1 Å². The van der Waals surface area contributed by atoms with Crippen molar-refractivity contribution in [3.05, 3.63) is 47.2 Å². The summed E-state index contributed by atoms with van der Waals surface area (Å²) >= 11 is 0. The fraction of sp³-hybridized carbons (Fsp3) is 0.625. The van der Waals surface area contributed by atoms with Crippen LogP contribution in [0.1, 0.15) is 57.6 Å². The van der Waals surface area contributed by atoms with Crippen molar-refractivity contribution in [2.45, 2.75) is 71.1 Å². The van der Waals surface area contributed by atoms with E-state index < -0.39 is 24.1 Å². The number of hydrogen-bond acceptors (Lipinski definition) is 10. The topological polar surface area (TPSA) is 98.8 Å². The van der Waals surface area contributed by atoms with Crippen molar-refractivity contribution in [2.75, 3.05) is 59.7 Å². The molecule has 3 heterocycles. The first-order chi connectivity index (χ1) is 20.4. The lowest BCUT2D eigenvalue weighted by Gasteiger charge is -2.37. The third kappa shape index (κ3) is 7.85. The van der Waals surface area contributed by atoms with Gasteiger partial charge in [0, 0.05) is 64.6 Å². The number of esters is 2. The summed E-state index contributed by atoms with van der Waals surface area (Å²) in [5, 5.41) is 3.34. The number of methoxy groups -OCH3 is 1. The third-order valence-electron chi connectivity index (χ3n) is 8.30.